The van der Waals surface area contributed by atoms with Gasteiger partial charge in [0.15, 0.2) is 0 Å². The molecule has 0 atom stereocenters. The van der Waals surface area contributed by atoms with Crippen molar-refractivity contribution in [1.82, 2.24) is 0 Å². The van der Waals surface area contributed by atoms with Crippen LogP contribution in [0, 0.1) is 0 Å². The average Bonchev–Trinajstić information content (AvgIpc) is 2.26. The molecule has 1 aromatic rings. The summed E-state index contributed by atoms with van der Waals surface area (Å²) in [4.78, 5) is 10.4. The van der Waals surface area contributed by atoms with Gasteiger partial charge in [-0.2, -0.15) is 0 Å². The summed E-state index contributed by atoms with van der Waals surface area (Å²) < 4.78 is 0. The summed E-state index contributed by atoms with van der Waals surface area (Å²) in [6.07, 6.45) is 4.66. The molecule has 0 unspecified atom stereocenters. The second-order valence-corrected chi connectivity index (χ2v) is 3.46. The third kappa shape index (κ3) is 2.60. The molecular weight excluding hydrogens is 192 g/mol. The van der Waals surface area contributed by atoms with Gasteiger partial charge in [-0.1, -0.05) is 36.9 Å². The van der Waals surface area contributed by atoms with Crippen LogP contribution < -0.4 is 0 Å². The van der Waals surface area contributed by atoms with Crippen molar-refractivity contribution in [3.05, 3.63) is 53.5 Å². The van der Waals surface area contributed by atoms with Gasteiger partial charge >= 0.3 is 0 Å². The van der Waals surface area contributed by atoms with E-state index >= 15 is 0 Å². The SMILES string of the molecule is C=C/C(=C\SC)c1ccc(C=O)cc1. The van der Waals surface area contributed by atoms with Crippen molar-refractivity contribution < 1.29 is 4.79 Å². The number of benzene rings is 1. The number of hydrogen-bond acceptors (Lipinski definition) is 2. The zero-order valence-corrected chi connectivity index (χ0v) is 8.88. The Kier molecular flexibility index (Phi) is 4.20. The Balaban J connectivity index is 3.00. The van der Waals surface area contributed by atoms with Gasteiger partial charge in [0.1, 0.15) is 6.29 Å². The summed E-state index contributed by atoms with van der Waals surface area (Å²) in [6.45, 7) is 3.75. The van der Waals surface area contributed by atoms with E-state index in [0.717, 1.165) is 17.4 Å². The molecule has 0 amide bonds. The molecule has 0 fully saturated rings. The number of hydrogen-bond donors (Lipinski definition) is 0. The van der Waals surface area contributed by atoms with Crippen LogP contribution in [0.3, 0.4) is 0 Å². The molecule has 0 aromatic heterocycles. The van der Waals surface area contributed by atoms with Crippen LogP contribution in [0.5, 0.6) is 0 Å². The molecule has 0 spiro atoms. The van der Waals surface area contributed by atoms with E-state index in [-0.39, 0.29) is 0 Å². The number of carbonyl (C=O) groups excluding carboxylic acids is 1. The fraction of sp³-hybridized carbons (Fsp3) is 0.0833. The maximum Gasteiger partial charge on any atom is 0.150 e. The van der Waals surface area contributed by atoms with Crippen LogP contribution in [0.25, 0.3) is 5.57 Å². The third-order valence-electron chi connectivity index (χ3n) is 1.84. The first-order valence-corrected chi connectivity index (χ1v) is 5.51. The molecule has 0 aliphatic carbocycles. The fourth-order valence-corrected chi connectivity index (χ4v) is 1.60. The van der Waals surface area contributed by atoms with E-state index in [4.69, 9.17) is 0 Å². The Morgan fingerprint density at radius 3 is 2.43 bits per heavy atom. The molecule has 72 valence electrons. The first kappa shape index (κ1) is 10.8. The van der Waals surface area contributed by atoms with E-state index in [1.54, 1.807) is 23.9 Å². The first-order chi connectivity index (χ1) is 6.81. The van der Waals surface area contributed by atoms with E-state index in [9.17, 15) is 4.79 Å². The molecule has 1 aromatic carbocycles. The summed E-state index contributed by atoms with van der Waals surface area (Å²) in [5.41, 5.74) is 2.86. The highest BCUT2D eigenvalue weighted by Gasteiger charge is 1.96. The minimum atomic E-state index is 0.696. The Bertz CT molecular complexity index is 349. The molecule has 14 heavy (non-hydrogen) atoms. The van der Waals surface area contributed by atoms with E-state index in [1.807, 2.05) is 29.9 Å². The monoisotopic (exact) mass is 204 g/mol. The average molecular weight is 204 g/mol. The minimum Gasteiger partial charge on any atom is -0.298 e. The smallest absolute Gasteiger partial charge is 0.150 e. The lowest BCUT2D eigenvalue weighted by Crippen LogP contribution is -1.82. The van der Waals surface area contributed by atoms with Crippen LogP contribution in [0.2, 0.25) is 0 Å². The zero-order chi connectivity index (χ0) is 10.4. The predicted octanol–water partition coefficient (Wildman–Crippen LogP) is 3.39. The molecule has 0 bridgehead atoms. The molecule has 0 aliphatic rings. The molecule has 1 nitrogen and oxygen atoms in total. The molecule has 0 radical (unpaired) electrons. The minimum absolute atomic E-state index is 0.696. The van der Waals surface area contributed by atoms with Gasteiger partial charge in [0.05, 0.1) is 0 Å². The van der Waals surface area contributed by atoms with Crippen LogP contribution in [-0.4, -0.2) is 12.5 Å². The highest BCUT2D eigenvalue weighted by atomic mass is 32.2. The molecule has 0 heterocycles. The van der Waals surface area contributed by atoms with Gasteiger partial charge < -0.3 is 0 Å². The van der Waals surface area contributed by atoms with Gasteiger partial charge in [0.25, 0.3) is 0 Å². The number of carbonyl (C=O) groups is 1. The van der Waals surface area contributed by atoms with Gasteiger partial charge in [-0.3, -0.25) is 4.79 Å². The van der Waals surface area contributed by atoms with Crippen molar-refractivity contribution in [2.75, 3.05) is 6.26 Å². The van der Waals surface area contributed by atoms with Crippen LogP contribution >= 0.6 is 11.8 Å². The van der Waals surface area contributed by atoms with Crippen molar-refractivity contribution in [2.24, 2.45) is 0 Å². The van der Waals surface area contributed by atoms with E-state index in [2.05, 4.69) is 6.58 Å². The first-order valence-electron chi connectivity index (χ1n) is 4.23. The molecule has 0 saturated heterocycles. The topological polar surface area (TPSA) is 17.1 Å². The van der Waals surface area contributed by atoms with Crippen LogP contribution in [0.4, 0.5) is 0 Å². The van der Waals surface area contributed by atoms with E-state index in [0.29, 0.717) is 5.56 Å². The van der Waals surface area contributed by atoms with Crippen molar-refractivity contribution in [3.8, 4) is 0 Å². The molecule has 0 N–H and O–H groups in total. The largest absolute Gasteiger partial charge is 0.298 e. The summed E-state index contributed by atoms with van der Waals surface area (Å²) in [5.74, 6) is 0. The summed E-state index contributed by atoms with van der Waals surface area (Å²) in [5, 5.41) is 2.03. The van der Waals surface area contributed by atoms with Crippen LogP contribution in [-0.2, 0) is 0 Å². The Hall–Kier alpha value is -1.28. The summed E-state index contributed by atoms with van der Waals surface area (Å²) in [7, 11) is 0. The summed E-state index contributed by atoms with van der Waals surface area (Å²) in [6, 6.07) is 7.46. The fourth-order valence-electron chi connectivity index (χ4n) is 1.12. The Morgan fingerprint density at radius 2 is 2.00 bits per heavy atom. The molecular formula is C12H12OS. The van der Waals surface area contributed by atoms with Gasteiger partial charge in [-0.25, -0.2) is 0 Å². The van der Waals surface area contributed by atoms with E-state index < -0.39 is 0 Å². The van der Waals surface area contributed by atoms with Gasteiger partial charge in [0.2, 0.25) is 0 Å². The third-order valence-corrected chi connectivity index (χ3v) is 2.33. The number of rotatable bonds is 4. The Morgan fingerprint density at radius 1 is 1.36 bits per heavy atom. The maximum absolute atomic E-state index is 10.4. The second kappa shape index (κ2) is 5.45. The highest BCUT2D eigenvalue weighted by Crippen LogP contribution is 2.18. The predicted molar refractivity (Wildman–Crippen MR) is 63.5 cm³/mol. The normalized spacial score (nSPS) is 11.1. The van der Waals surface area contributed by atoms with E-state index in [1.165, 1.54) is 0 Å². The Labute approximate surface area is 88.5 Å². The van der Waals surface area contributed by atoms with Gasteiger partial charge in [-0.15, -0.1) is 11.8 Å². The summed E-state index contributed by atoms with van der Waals surface area (Å²) >= 11 is 1.64. The van der Waals surface area contributed by atoms with Crippen molar-refractivity contribution in [2.45, 2.75) is 0 Å². The van der Waals surface area contributed by atoms with Gasteiger partial charge in [-0.05, 0) is 22.8 Å². The lowest BCUT2D eigenvalue weighted by Gasteiger charge is -2.01. The zero-order valence-electron chi connectivity index (χ0n) is 8.07. The highest BCUT2D eigenvalue weighted by molar-refractivity contribution is 8.01. The molecule has 1 rings (SSSR count). The maximum atomic E-state index is 10.4. The lowest BCUT2D eigenvalue weighted by molar-refractivity contribution is 0.112. The second-order valence-electron chi connectivity index (χ2n) is 2.75. The van der Waals surface area contributed by atoms with Crippen molar-refractivity contribution >= 4 is 23.6 Å². The molecule has 0 aliphatic heterocycles. The quantitative estimate of drug-likeness (QED) is 0.552. The molecule has 0 saturated carbocycles. The standard InChI is InChI=1S/C12H12OS/c1-3-11(9-14-2)12-6-4-10(8-13)5-7-12/h3-9H,1H2,2H3/b11-9+. The number of thioether (sulfide) groups is 1. The number of aldehydes is 1. The van der Waals surface area contributed by atoms with Crippen LogP contribution in [0.15, 0.2) is 42.3 Å². The van der Waals surface area contributed by atoms with Crippen LogP contribution in [0.1, 0.15) is 15.9 Å². The lowest BCUT2D eigenvalue weighted by atomic mass is 10.1. The van der Waals surface area contributed by atoms with Crippen molar-refractivity contribution in [1.29, 1.82) is 0 Å². The van der Waals surface area contributed by atoms with Crippen molar-refractivity contribution in [3.63, 3.8) is 0 Å². The van der Waals surface area contributed by atoms with Gasteiger partial charge in [0, 0.05) is 5.56 Å². The molecule has 2 heteroatoms. The number of allylic oxidation sites excluding steroid dienone is 2.